The van der Waals surface area contributed by atoms with Crippen molar-refractivity contribution in [2.75, 3.05) is 21.3 Å². The van der Waals surface area contributed by atoms with E-state index in [-0.39, 0.29) is 22.5 Å². The van der Waals surface area contributed by atoms with Gasteiger partial charge in [0.25, 0.3) is 5.79 Å². The van der Waals surface area contributed by atoms with E-state index in [2.05, 4.69) is 9.89 Å². The van der Waals surface area contributed by atoms with Crippen LogP contribution in [-0.2, 0) is 34.3 Å². The predicted molar refractivity (Wildman–Crippen MR) is 70.2 cm³/mol. The molecule has 0 unspecified atom stereocenters. The molecule has 0 radical (unpaired) electrons. The molecule has 9 heteroatoms. The SMILES string of the molecule is COC(=O)C1=C(C(=O)OC)[C@@]2(OC)O[C@@H]1C(=O)c1c(C)noc12. The zero-order chi connectivity index (χ0) is 16.9. The monoisotopic (exact) mass is 323 g/mol. The summed E-state index contributed by atoms with van der Waals surface area (Å²) in [5.41, 5.74) is -0.141. The van der Waals surface area contributed by atoms with E-state index in [4.69, 9.17) is 18.7 Å². The number of aryl methyl sites for hydroxylation is 1. The van der Waals surface area contributed by atoms with Crippen molar-refractivity contribution in [3.05, 3.63) is 28.2 Å². The van der Waals surface area contributed by atoms with Gasteiger partial charge >= 0.3 is 11.9 Å². The zero-order valence-corrected chi connectivity index (χ0v) is 12.8. The Kier molecular flexibility index (Phi) is 3.34. The van der Waals surface area contributed by atoms with Gasteiger partial charge in [-0.05, 0) is 6.92 Å². The maximum atomic E-state index is 12.6. The van der Waals surface area contributed by atoms with Crippen LogP contribution in [-0.4, -0.2) is 50.3 Å². The molecular weight excluding hydrogens is 310 g/mol. The number of esters is 2. The Morgan fingerprint density at radius 2 is 1.83 bits per heavy atom. The summed E-state index contributed by atoms with van der Waals surface area (Å²) in [5.74, 6) is -4.34. The van der Waals surface area contributed by atoms with E-state index in [0.29, 0.717) is 5.69 Å². The van der Waals surface area contributed by atoms with Crippen molar-refractivity contribution in [3.63, 3.8) is 0 Å². The second kappa shape index (κ2) is 5.00. The van der Waals surface area contributed by atoms with Gasteiger partial charge in [-0.25, -0.2) is 9.59 Å². The number of rotatable bonds is 3. The summed E-state index contributed by atoms with van der Waals surface area (Å²) in [6.07, 6.45) is -1.36. The number of carbonyl (C=O) groups excluding carboxylic acids is 3. The van der Waals surface area contributed by atoms with Gasteiger partial charge in [0.2, 0.25) is 11.5 Å². The molecular formula is C14H13NO8. The van der Waals surface area contributed by atoms with Crippen LogP contribution < -0.4 is 0 Å². The molecule has 2 aliphatic rings. The third-order valence-corrected chi connectivity index (χ3v) is 3.87. The smallest absolute Gasteiger partial charge is 0.340 e. The third-order valence-electron chi connectivity index (χ3n) is 3.87. The van der Waals surface area contributed by atoms with Crippen LogP contribution in [0, 0.1) is 6.92 Å². The van der Waals surface area contributed by atoms with Crippen LogP contribution in [0.5, 0.6) is 0 Å². The Balaban J connectivity index is 2.36. The van der Waals surface area contributed by atoms with E-state index in [1.54, 1.807) is 6.92 Å². The lowest BCUT2D eigenvalue weighted by Gasteiger charge is -2.30. The molecule has 2 atom stereocenters. The van der Waals surface area contributed by atoms with Crippen molar-refractivity contribution in [1.29, 1.82) is 0 Å². The summed E-state index contributed by atoms with van der Waals surface area (Å²) >= 11 is 0. The maximum absolute atomic E-state index is 12.6. The first-order valence-corrected chi connectivity index (χ1v) is 6.58. The fourth-order valence-electron chi connectivity index (χ4n) is 2.87. The Labute approximate surface area is 130 Å². The first-order chi connectivity index (χ1) is 10.9. The van der Waals surface area contributed by atoms with E-state index < -0.39 is 29.6 Å². The van der Waals surface area contributed by atoms with Crippen molar-refractivity contribution in [3.8, 4) is 0 Å². The number of ether oxygens (including phenoxy) is 4. The summed E-state index contributed by atoms with van der Waals surface area (Å²) in [5, 5.41) is 3.72. The van der Waals surface area contributed by atoms with E-state index in [9.17, 15) is 14.4 Å². The molecule has 3 rings (SSSR count). The molecule has 9 nitrogen and oxygen atoms in total. The highest BCUT2D eigenvalue weighted by molar-refractivity contribution is 6.15. The van der Waals surface area contributed by atoms with Crippen LogP contribution in [0.15, 0.2) is 15.7 Å². The number of ketones is 1. The number of fused-ring (bicyclic) bond motifs is 4. The Bertz CT molecular complexity index is 761. The van der Waals surface area contributed by atoms with E-state index in [0.717, 1.165) is 14.2 Å². The van der Waals surface area contributed by atoms with Gasteiger partial charge in [0.1, 0.15) is 5.57 Å². The van der Waals surface area contributed by atoms with Crippen molar-refractivity contribution >= 4 is 17.7 Å². The number of methoxy groups -OCH3 is 3. The largest absolute Gasteiger partial charge is 0.466 e. The van der Waals surface area contributed by atoms with Crippen LogP contribution in [0.2, 0.25) is 0 Å². The summed E-state index contributed by atoms with van der Waals surface area (Å²) in [6.45, 7) is 1.56. The molecule has 0 aromatic carbocycles. The number of hydrogen-bond acceptors (Lipinski definition) is 9. The fourth-order valence-corrected chi connectivity index (χ4v) is 2.87. The molecule has 2 aliphatic heterocycles. The van der Waals surface area contributed by atoms with Crippen LogP contribution in [0.25, 0.3) is 0 Å². The van der Waals surface area contributed by atoms with Gasteiger partial charge < -0.3 is 23.5 Å². The van der Waals surface area contributed by atoms with Crippen LogP contribution in [0.4, 0.5) is 0 Å². The highest BCUT2D eigenvalue weighted by atomic mass is 16.7. The van der Waals surface area contributed by atoms with Crippen molar-refractivity contribution in [2.45, 2.75) is 18.8 Å². The molecule has 0 saturated heterocycles. The van der Waals surface area contributed by atoms with Crippen molar-refractivity contribution in [2.24, 2.45) is 0 Å². The minimum Gasteiger partial charge on any atom is -0.466 e. The minimum absolute atomic E-state index is 0.0990. The maximum Gasteiger partial charge on any atom is 0.340 e. The number of aromatic nitrogens is 1. The molecule has 1 aromatic rings. The average Bonchev–Trinajstić information content (AvgIpc) is 3.10. The molecule has 23 heavy (non-hydrogen) atoms. The summed E-state index contributed by atoms with van der Waals surface area (Å²) in [6, 6.07) is 0. The first kappa shape index (κ1) is 15.4. The lowest BCUT2D eigenvalue weighted by molar-refractivity contribution is -0.218. The topological polar surface area (TPSA) is 114 Å². The highest BCUT2D eigenvalue weighted by Gasteiger charge is 2.64. The molecule has 0 amide bonds. The molecule has 0 aliphatic carbocycles. The average molecular weight is 323 g/mol. The molecule has 0 saturated carbocycles. The fraction of sp³-hybridized carbons (Fsp3) is 0.429. The number of carbonyl (C=O) groups is 3. The number of hydrogen-bond donors (Lipinski definition) is 0. The first-order valence-electron chi connectivity index (χ1n) is 6.58. The molecule has 1 aromatic heterocycles. The number of Topliss-reactive ketones (excluding diaryl/α,β-unsaturated/α-hetero) is 1. The van der Waals surface area contributed by atoms with Gasteiger partial charge in [-0.15, -0.1) is 0 Å². The van der Waals surface area contributed by atoms with E-state index in [1.165, 1.54) is 7.11 Å². The molecule has 0 N–H and O–H groups in total. The Hall–Kier alpha value is -2.52. The quantitative estimate of drug-likeness (QED) is 0.710. The summed E-state index contributed by atoms with van der Waals surface area (Å²) < 4.78 is 25.5. The van der Waals surface area contributed by atoms with Crippen LogP contribution in [0.1, 0.15) is 21.8 Å². The second-order valence-electron chi connectivity index (χ2n) is 4.93. The van der Waals surface area contributed by atoms with Gasteiger partial charge in [0, 0.05) is 7.11 Å². The van der Waals surface area contributed by atoms with Crippen LogP contribution >= 0.6 is 0 Å². The predicted octanol–water partition coefficient (Wildman–Crippen LogP) is 0.0199. The van der Waals surface area contributed by atoms with Gasteiger partial charge in [-0.1, -0.05) is 5.16 Å². The molecule has 2 bridgehead atoms. The van der Waals surface area contributed by atoms with Crippen molar-refractivity contribution in [1.82, 2.24) is 5.16 Å². The van der Waals surface area contributed by atoms with Gasteiger partial charge in [-0.3, -0.25) is 4.79 Å². The molecule has 0 spiro atoms. The van der Waals surface area contributed by atoms with Crippen LogP contribution in [0.3, 0.4) is 0 Å². The second-order valence-corrected chi connectivity index (χ2v) is 4.93. The van der Waals surface area contributed by atoms with Gasteiger partial charge in [0.05, 0.1) is 31.1 Å². The zero-order valence-electron chi connectivity index (χ0n) is 12.8. The molecule has 0 fully saturated rings. The lowest BCUT2D eigenvalue weighted by Crippen LogP contribution is -2.42. The molecule has 3 heterocycles. The van der Waals surface area contributed by atoms with E-state index in [1.807, 2.05) is 0 Å². The van der Waals surface area contributed by atoms with Gasteiger partial charge in [-0.2, -0.15) is 0 Å². The Morgan fingerprint density at radius 3 is 2.39 bits per heavy atom. The summed E-state index contributed by atoms with van der Waals surface area (Å²) in [4.78, 5) is 37.0. The Morgan fingerprint density at radius 1 is 1.17 bits per heavy atom. The van der Waals surface area contributed by atoms with E-state index >= 15 is 0 Å². The number of nitrogens with zero attached hydrogens (tertiary/aromatic N) is 1. The highest BCUT2D eigenvalue weighted by Crippen LogP contribution is 2.51. The summed E-state index contributed by atoms with van der Waals surface area (Å²) in [7, 11) is 3.50. The van der Waals surface area contributed by atoms with Gasteiger partial charge in [0.15, 0.2) is 6.10 Å². The normalized spacial score (nSPS) is 25.4. The third kappa shape index (κ3) is 1.74. The minimum atomic E-state index is -1.88. The van der Waals surface area contributed by atoms with Crippen molar-refractivity contribution < 1.29 is 37.9 Å². The standard InChI is InChI=1S/C14H13NO8/c1-5-6-9(16)10-7(12(17)19-2)8(13(18)20-3)14(21-4,22-10)11(6)23-15-5/h10H,1-4H3/t10-,14+/m0/s1. The molecule has 122 valence electrons. The lowest BCUT2D eigenvalue weighted by atomic mass is 9.98.